The molecule has 0 fully saturated rings. The molecule has 0 unspecified atom stereocenters. The molecule has 0 bridgehead atoms. The van der Waals surface area contributed by atoms with Crippen LogP contribution in [0, 0.1) is 11.3 Å². The Morgan fingerprint density at radius 3 is 2.83 bits per heavy atom. The van der Waals surface area contributed by atoms with Crippen molar-refractivity contribution in [3.63, 3.8) is 0 Å². The van der Waals surface area contributed by atoms with Crippen LogP contribution in [0.2, 0.25) is 4.34 Å². The Kier molecular flexibility index (Phi) is 4.08. The van der Waals surface area contributed by atoms with Crippen LogP contribution in [0.15, 0.2) is 30.3 Å². The molecule has 0 aliphatic heterocycles. The molecule has 2 rings (SSSR count). The zero-order valence-electron chi connectivity index (χ0n) is 9.61. The first-order chi connectivity index (χ1) is 8.69. The van der Waals surface area contributed by atoms with E-state index in [1.165, 1.54) is 4.88 Å². The van der Waals surface area contributed by atoms with Gasteiger partial charge in [0.15, 0.2) is 0 Å². The maximum Gasteiger partial charge on any atom is 0.0992 e. The Labute approximate surface area is 115 Å². The Balaban J connectivity index is 1.96. The van der Waals surface area contributed by atoms with Crippen LogP contribution in [0.3, 0.4) is 0 Å². The molecule has 18 heavy (non-hydrogen) atoms. The first kappa shape index (κ1) is 12.7. The average molecular weight is 278 g/mol. The van der Waals surface area contributed by atoms with Gasteiger partial charge in [-0.1, -0.05) is 11.6 Å². The first-order valence-corrected chi connectivity index (χ1v) is 6.66. The maximum atomic E-state index is 8.83. The van der Waals surface area contributed by atoms with Crippen molar-refractivity contribution < 1.29 is 0 Å². The van der Waals surface area contributed by atoms with Gasteiger partial charge in [-0.25, -0.2) is 0 Å². The number of benzene rings is 1. The summed E-state index contributed by atoms with van der Waals surface area (Å²) in [6.45, 7) is 0.760. The highest BCUT2D eigenvalue weighted by Crippen LogP contribution is 2.23. The summed E-state index contributed by atoms with van der Waals surface area (Å²) in [5.41, 5.74) is 7.89. The predicted molar refractivity (Wildman–Crippen MR) is 77.1 cm³/mol. The van der Waals surface area contributed by atoms with E-state index in [4.69, 9.17) is 22.6 Å². The second-order valence-corrected chi connectivity index (χ2v) is 5.60. The first-order valence-electron chi connectivity index (χ1n) is 5.47. The van der Waals surface area contributed by atoms with Gasteiger partial charge >= 0.3 is 0 Å². The monoisotopic (exact) mass is 277 g/mol. The van der Waals surface area contributed by atoms with Crippen LogP contribution < -0.4 is 11.1 Å². The molecule has 1 heterocycles. The molecule has 3 N–H and O–H groups in total. The third-order valence-electron chi connectivity index (χ3n) is 2.50. The number of anilines is 2. The average Bonchev–Trinajstić information content (AvgIpc) is 2.77. The van der Waals surface area contributed by atoms with Crippen LogP contribution in [0.1, 0.15) is 10.4 Å². The highest BCUT2D eigenvalue weighted by molar-refractivity contribution is 7.16. The van der Waals surface area contributed by atoms with Gasteiger partial charge in [-0.3, -0.25) is 0 Å². The Morgan fingerprint density at radius 1 is 1.33 bits per heavy atom. The second-order valence-electron chi connectivity index (χ2n) is 3.80. The van der Waals surface area contributed by atoms with Gasteiger partial charge in [0.05, 0.1) is 27.3 Å². The normalized spacial score (nSPS) is 10.0. The van der Waals surface area contributed by atoms with Gasteiger partial charge in [-0.15, -0.1) is 11.3 Å². The van der Waals surface area contributed by atoms with Crippen LogP contribution in [-0.2, 0) is 6.42 Å². The molecule has 1 aromatic carbocycles. The number of nitrogens with one attached hydrogen (secondary N) is 1. The fraction of sp³-hybridized carbons (Fsp3) is 0.154. The number of nitrogens with two attached hydrogens (primary N) is 1. The third-order valence-corrected chi connectivity index (χ3v) is 3.79. The Morgan fingerprint density at radius 2 is 2.17 bits per heavy atom. The van der Waals surface area contributed by atoms with E-state index in [0.29, 0.717) is 11.3 Å². The van der Waals surface area contributed by atoms with E-state index in [-0.39, 0.29) is 0 Å². The molecule has 0 aliphatic rings. The van der Waals surface area contributed by atoms with Crippen LogP contribution in [0.4, 0.5) is 11.4 Å². The molecule has 1 aromatic heterocycles. The minimum Gasteiger partial charge on any atom is -0.397 e. The van der Waals surface area contributed by atoms with E-state index < -0.39 is 0 Å². The van der Waals surface area contributed by atoms with Gasteiger partial charge in [-0.05, 0) is 36.8 Å². The molecule has 0 aliphatic carbocycles. The number of hydrogen-bond acceptors (Lipinski definition) is 4. The molecule has 0 radical (unpaired) electrons. The van der Waals surface area contributed by atoms with Crippen molar-refractivity contribution in [1.29, 1.82) is 5.26 Å². The van der Waals surface area contributed by atoms with E-state index in [0.717, 1.165) is 23.0 Å². The van der Waals surface area contributed by atoms with E-state index in [9.17, 15) is 0 Å². The van der Waals surface area contributed by atoms with Crippen molar-refractivity contribution in [2.24, 2.45) is 0 Å². The Hall–Kier alpha value is -1.70. The van der Waals surface area contributed by atoms with E-state index >= 15 is 0 Å². The van der Waals surface area contributed by atoms with Crippen LogP contribution in [-0.4, -0.2) is 6.54 Å². The topological polar surface area (TPSA) is 61.8 Å². The summed E-state index contributed by atoms with van der Waals surface area (Å²) in [6.07, 6.45) is 0.883. The lowest BCUT2D eigenvalue weighted by Crippen LogP contribution is -2.06. The van der Waals surface area contributed by atoms with Gasteiger partial charge in [-0.2, -0.15) is 5.26 Å². The van der Waals surface area contributed by atoms with Crippen molar-refractivity contribution in [3.8, 4) is 6.07 Å². The van der Waals surface area contributed by atoms with Gasteiger partial charge in [0.1, 0.15) is 0 Å². The van der Waals surface area contributed by atoms with Gasteiger partial charge in [0.2, 0.25) is 0 Å². The molecular weight excluding hydrogens is 266 g/mol. The lowest BCUT2D eigenvalue weighted by molar-refractivity contribution is 1.04. The van der Waals surface area contributed by atoms with Crippen molar-refractivity contribution in [2.75, 3.05) is 17.6 Å². The molecule has 0 saturated heterocycles. The standard InChI is InChI=1S/C13H12ClN3S/c14-13-4-2-10(18-13)5-6-17-12-7-9(8-15)1-3-11(12)16/h1-4,7,17H,5-6,16H2. The molecule has 3 nitrogen and oxygen atoms in total. The van der Waals surface area contributed by atoms with Gasteiger partial charge < -0.3 is 11.1 Å². The zero-order valence-corrected chi connectivity index (χ0v) is 11.2. The molecule has 0 spiro atoms. The smallest absolute Gasteiger partial charge is 0.0992 e. The van der Waals surface area contributed by atoms with Crippen LogP contribution in [0.25, 0.3) is 0 Å². The van der Waals surface area contributed by atoms with Crippen molar-refractivity contribution in [1.82, 2.24) is 0 Å². The van der Waals surface area contributed by atoms with Gasteiger partial charge in [0.25, 0.3) is 0 Å². The fourth-order valence-electron chi connectivity index (χ4n) is 1.59. The third kappa shape index (κ3) is 3.16. The number of nitriles is 1. The predicted octanol–water partition coefficient (Wildman–Crippen LogP) is 3.51. The summed E-state index contributed by atoms with van der Waals surface area (Å²) < 4.78 is 0.802. The minimum atomic E-state index is 0.603. The highest BCUT2D eigenvalue weighted by Gasteiger charge is 2.02. The van der Waals surface area contributed by atoms with Crippen LogP contribution >= 0.6 is 22.9 Å². The van der Waals surface area contributed by atoms with Gasteiger partial charge in [0, 0.05) is 11.4 Å². The summed E-state index contributed by atoms with van der Waals surface area (Å²) in [5, 5.41) is 12.1. The van der Waals surface area contributed by atoms with E-state index in [1.807, 2.05) is 12.1 Å². The van der Waals surface area contributed by atoms with E-state index in [1.54, 1.807) is 29.5 Å². The van der Waals surface area contributed by atoms with Crippen molar-refractivity contribution in [3.05, 3.63) is 45.1 Å². The second kappa shape index (κ2) is 5.76. The Bertz CT molecular complexity index is 586. The summed E-state index contributed by atoms with van der Waals surface area (Å²) in [6, 6.07) is 11.2. The molecule has 0 atom stereocenters. The summed E-state index contributed by atoms with van der Waals surface area (Å²) in [5.74, 6) is 0. The van der Waals surface area contributed by atoms with Crippen molar-refractivity contribution in [2.45, 2.75) is 6.42 Å². The summed E-state index contributed by atoms with van der Waals surface area (Å²) >= 11 is 7.44. The molecule has 0 saturated carbocycles. The fourth-order valence-corrected chi connectivity index (χ4v) is 2.67. The maximum absolute atomic E-state index is 8.83. The number of thiophene rings is 1. The van der Waals surface area contributed by atoms with E-state index in [2.05, 4.69) is 11.4 Å². The number of hydrogen-bond donors (Lipinski definition) is 2. The number of nitrogen functional groups attached to an aromatic ring is 1. The quantitative estimate of drug-likeness (QED) is 0.841. The van der Waals surface area contributed by atoms with Crippen molar-refractivity contribution >= 4 is 34.3 Å². The highest BCUT2D eigenvalue weighted by atomic mass is 35.5. The number of nitrogens with zero attached hydrogens (tertiary/aromatic N) is 1. The summed E-state index contributed by atoms with van der Waals surface area (Å²) in [7, 11) is 0. The number of rotatable bonds is 4. The lowest BCUT2D eigenvalue weighted by Gasteiger charge is -2.08. The SMILES string of the molecule is N#Cc1ccc(N)c(NCCc2ccc(Cl)s2)c1. The largest absolute Gasteiger partial charge is 0.397 e. The lowest BCUT2D eigenvalue weighted by atomic mass is 10.2. The summed E-state index contributed by atoms with van der Waals surface area (Å²) in [4.78, 5) is 1.22. The molecule has 0 amide bonds. The molecule has 5 heteroatoms. The molecule has 2 aromatic rings. The minimum absolute atomic E-state index is 0.603. The molecular formula is C13H12ClN3S. The molecule has 92 valence electrons. The number of halogens is 1. The zero-order chi connectivity index (χ0) is 13.0. The van der Waals surface area contributed by atoms with Crippen LogP contribution in [0.5, 0.6) is 0 Å².